The fourth-order valence-corrected chi connectivity index (χ4v) is 3.35. The molecule has 1 fully saturated rings. The third-order valence-corrected chi connectivity index (χ3v) is 4.74. The molecule has 0 bridgehead atoms. The van der Waals surface area contributed by atoms with Gasteiger partial charge in [-0.25, -0.2) is 4.79 Å². The lowest BCUT2D eigenvalue weighted by atomic mass is 9.79. The quantitative estimate of drug-likeness (QED) is 0.825. The normalized spacial score (nSPS) is 20.8. The van der Waals surface area contributed by atoms with Crippen molar-refractivity contribution in [3.63, 3.8) is 0 Å². The van der Waals surface area contributed by atoms with Gasteiger partial charge in [0.2, 0.25) is 0 Å². The minimum Gasteiger partial charge on any atom is -0.444 e. The summed E-state index contributed by atoms with van der Waals surface area (Å²) >= 11 is 0. The minimum absolute atomic E-state index is 0.196. The van der Waals surface area contributed by atoms with Gasteiger partial charge in [0, 0.05) is 18.9 Å². The molecule has 2 rings (SSSR count). The molecule has 1 N–H and O–H groups in total. The average molecular weight is 345 g/mol. The lowest BCUT2D eigenvalue weighted by molar-refractivity contribution is -0.124. The van der Waals surface area contributed by atoms with Crippen molar-refractivity contribution in [3.05, 3.63) is 35.9 Å². The Hall–Kier alpha value is -1.84. The van der Waals surface area contributed by atoms with Crippen LogP contribution in [0, 0.1) is 11.8 Å². The molecule has 1 aromatic carbocycles. The molecule has 0 unspecified atom stereocenters. The number of ether oxygens (including phenoxy) is 1. The average Bonchev–Trinajstić information content (AvgIpc) is 2.58. The van der Waals surface area contributed by atoms with Crippen LogP contribution in [0.5, 0.6) is 0 Å². The van der Waals surface area contributed by atoms with Gasteiger partial charge in [0.1, 0.15) is 11.4 Å². The SMILES string of the molecule is CC(C)(C)OC(=O)NC[C@H]1CC[C@@H](C(=O)CCc2ccccc2)CC1. The van der Waals surface area contributed by atoms with Crippen LogP contribution in [-0.4, -0.2) is 24.0 Å². The van der Waals surface area contributed by atoms with E-state index in [1.165, 1.54) is 5.56 Å². The molecule has 138 valence electrons. The fraction of sp³-hybridized carbons (Fsp3) is 0.619. The van der Waals surface area contributed by atoms with Crippen molar-refractivity contribution < 1.29 is 14.3 Å². The maximum absolute atomic E-state index is 12.4. The molecule has 0 spiro atoms. The van der Waals surface area contributed by atoms with Crippen molar-refractivity contribution in [2.24, 2.45) is 11.8 Å². The van der Waals surface area contributed by atoms with Crippen LogP contribution in [0.4, 0.5) is 4.79 Å². The number of aryl methyl sites for hydroxylation is 1. The second-order valence-electron chi connectivity index (χ2n) is 8.05. The molecule has 0 atom stereocenters. The molecule has 0 radical (unpaired) electrons. The van der Waals surface area contributed by atoms with Crippen LogP contribution in [0.15, 0.2) is 30.3 Å². The van der Waals surface area contributed by atoms with E-state index in [1.54, 1.807) is 0 Å². The minimum atomic E-state index is -0.465. The number of alkyl carbamates (subject to hydrolysis) is 1. The lowest BCUT2D eigenvalue weighted by Gasteiger charge is -2.28. The first-order valence-corrected chi connectivity index (χ1v) is 9.37. The molecule has 0 saturated heterocycles. The highest BCUT2D eigenvalue weighted by atomic mass is 16.6. The van der Waals surface area contributed by atoms with E-state index in [-0.39, 0.29) is 12.0 Å². The summed E-state index contributed by atoms with van der Waals surface area (Å²) < 4.78 is 5.26. The van der Waals surface area contributed by atoms with Gasteiger partial charge in [0.15, 0.2) is 0 Å². The number of Topliss-reactive ketones (excluding diaryl/α,β-unsaturated/α-hetero) is 1. The summed E-state index contributed by atoms with van der Waals surface area (Å²) in [4.78, 5) is 24.1. The van der Waals surface area contributed by atoms with Crippen molar-refractivity contribution in [3.8, 4) is 0 Å². The number of amides is 1. The van der Waals surface area contributed by atoms with Gasteiger partial charge < -0.3 is 10.1 Å². The van der Waals surface area contributed by atoms with E-state index < -0.39 is 5.60 Å². The van der Waals surface area contributed by atoms with E-state index >= 15 is 0 Å². The molecule has 0 aliphatic heterocycles. The highest BCUT2D eigenvalue weighted by Crippen LogP contribution is 2.30. The zero-order valence-corrected chi connectivity index (χ0v) is 15.7. The van der Waals surface area contributed by atoms with Gasteiger partial charge in [-0.3, -0.25) is 4.79 Å². The maximum atomic E-state index is 12.4. The first-order chi connectivity index (χ1) is 11.8. The molecule has 1 aliphatic carbocycles. The Kier molecular flexibility index (Phi) is 7.03. The van der Waals surface area contributed by atoms with Crippen molar-refractivity contribution in [2.75, 3.05) is 6.54 Å². The Morgan fingerprint density at radius 2 is 1.72 bits per heavy atom. The van der Waals surface area contributed by atoms with Gasteiger partial charge in [-0.15, -0.1) is 0 Å². The molecular weight excluding hydrogens is 314 g/mol. The number of nitrogens with one attached hydrogen (secondary N) is 1. The Morgan fingerprint density at radius 1 is 1.08 bits per heavy atom. The summed E-state index contributed by atoms with van der Waals surface area (Å²) in [6, 6.07) is 10.2. The molecule has 1 amide bonds. The van der Waals surface area contributed by atoms with E-state index in [0.29, 0.717) is 24.7 Å². The summed E-state index contributed by atoms with van der Waals surface area (Å²) in [6.07, 6.45) is 4.99. The van der Waals surface area contributed by atoms with Gasteiger partial charge in [0.25, 0.3) is 0 Å². The predicted molar refractivity (Wildman–Crippen MR) is 99.5 cm³/mol. The molecule has 1 aliphatic rings. The van der Waals surface area contributed by atoms with Crippen molar-refractivity contribution in [2.45, 2.75) is 64.9 Å². The Bertz CT molecular complexity index is 554. The smallest absolute Gasteiger partial charge is 0.407 e. The van der Waals surface area contributed by atoms with E-state index in [9.17, 15) is 9.59 Å². The molecular formula is C21H31NO3. The van der Waals surface area contributed by atoms with Gasteiger partial charge in [-0.05, 0) is 64.4 Å². The number of hydrogen-bond donors (Lipinski definition) is 1. The topological polar surface area (TPSA) is 55.4 Å². The van der Waals surface area contributed by atoms with E-state index in [4.69, 9.17) is 4.74 Å². The standard InChI is InChI=1S/C21H31NO3/c1-21(2,3)25-20(24)22-15-17-9-12-18(13-10-17)19(23)14-11-16-7-5-4-6-8-16/h4-8,17-18H,9-15H2,1-3H3,(H,22,24)/t17-,18+. The van der Waals surface area contributed by atoms with E-state index in [2.05, 4.69) is 17.4 Å². The maximum Gasteiger partial charge on any atom is 0.407 e. The van der Waals surface area contributed by atoms with Gasteiger partial charge in [-0.2, -0.15) is 0 Å². The number of rotatable bonds is 6. The van der Waals surface area contributed by atoms with Crippen LogP contribution in [0.3, 0.4) is 0 Å². The second-order valence-corrected chi connectivity index (χ2v) is 8.05. The first kappa shape index (κ1) is 19.5. The van der Waals surface area contributed by atoms with Crippen LogP contribution in [0.1, 0.15) is 58.4 Å². The van der Waals surface area contributed by atoms with Crippen molar-refractivity contribution in [1.29, 1.82) is 0 Å². The monoisotopic (exact) mass is 345 g/mol. The third kappa shape index (κ3) is 7.29. The van der Waals surface area contributed by atoms with E-state index in [0.717, 1.165) is 32.1 Å². The zero-order chi connectivity index (χ0) is 18.3. The first-order valence-electron chi connectivity index (χ1n) is 9.37. The molecule has 1 saturated carbocycles. The van der Waals surface area contributed by atoms with Gasteiger partial charge >= 0.3 is 6.09 Å². The van der Waals surface area contributed by atoms with Crippen LogP contribution in [0.25, 0.3) is 0 Å². The van der Waals surface area contributed by atoms with Crippen LogP contribution >= 0.6 is 0 Å². The summed E-state index contributed by atoms with van der Waals surface area (Å²) in [7, 11) is 0. The molecule has 0 aromatic heterocycles. The third-order valence-electron chi connectivity index (χ3n) is 4.74. The van der Waals surface area contributed by atoms with Crippen molar-refractivity contribution >= 4 is 11.9 Å². The highest BCUT2D eigenvalue weighted by molar-refractivity contribution is 5.81. The molecule has 4 heteroatoms. The molecule has 4 nitrogen and oxygen atoms in total. The second kappa shape index (κ2) is 9.02. The van der Waals surface area contributed by atoms with Crippen LogP contribution < -0.4 is 5.32 Å². The Morgan fingerprint density at radius 3 is 2.32 bits per heavy atom. The van der Waals surface area contributed by atoms with Crippen molar-refractivity contribution in [1.82, 2.24) is 5.32 Å². The lowest BCUT2D eigenvalue weighted by Crippen LogP contribution is -2.36. The Balaban J connectivity index is 1.65. The summed E-state index contributed by atoms with van der Waals surface area (Å²) in [5.41, 5.74) is 0.763. The number of ketones is 1. The van der Waals surface area contributed by atoms with Gasteiger partial charge in [-0.1, -0.05) is 30.3 Å². The molecule has 0 heterocycles. The summed E-state index contributed by atoms with van der Waals surface area (Å²) in [6.45, 7) is 6.22. The molecule has 1 aromatic rings. The number of carbonyl (C=O) groups is 2. The number of benzene rings is 1. The fourth-order valence-electron chi connectivity index (χ4n) is 3.35. The Labute approximate surface area is 151 Å². The summed E-state index contributed by atoms with van der Waals surface area (Å²) in [5.74, 6) is 1.04. The summed E-state index contributed by atoms with van der Waals surface area (Å²) in [5, 5.41) is 2.85. The van der Waals surface area contributed by atoms with E-state index in [1.807, 2.05) is 39.0 Å². The molecule has 25 heavy (non-hydrogen) atoms. The number of hydrogen-bond acceptors (Lipinski definition) is 3. The van der Waals surface area contributed by atoms with Crippen LogP contribution in [-0.2, 0) is 16.0 Å². The van der Waals surface area contributed by atoms with Crippen LogP contribution in [0.2, 0.25) is 0 Å². The predicted octanol–water partition coefficient (Wildman–Crippen LogP) is 4.52. The largest absolute Gasteiger partial charge is 0.444 e. The highest BCUT2D eigenvalue weighted by Gasteiger charge is 2.26. The number of carbonyl (C=O) groups excluding carboxylic acids is 2. The zero-order valence-electron chi connectivity index (χ0n) is 15.7. The van der Waals surface area contributed by atoms with Gasteiger partial charge in [0.05, 0.1) is 0 Å².